The number of benzene rings is 3. The maximum Gasteiger partial charge on any atom is 0.257 e. The first-order valence-electron chi connectivity index (χ1n) is 10.7. The molecule has 0 aliphatic rings. The van der Waals surface area contributed by atoms with E-state index < -0.39 is 0 Å². The Kier molecular flexibility index (Phi) is 5.47. The highest BCUT2D eigenvalue weighted by Crippen LogP contribution is 2.36. The van der Waals surface area contributed by atoms with Crippen LogP contribution in [-0.4, -0.2) is 34.7 Å². The number of para-hydroxylation sites is 2. The highest BCUT2D eigenvalue weighted by atomic mass is 16.5. The topological polar surface area (TPSA) is 104 Å². The number of carbonyl (C=O) groups is 1. The molecule has 2 heterocycles. The molecule has 5 rings (SSSR count). The van der Waals surface area contributed by atoms with Crippen LogP contribution in [0, 0.1) is 0 Å². The lowest BCUT2D eigenvalue weighted by Crippen LogP contribution is -2.24. The first kappa shape index (κ1) is 21.3. The second kappa shape index (κ2) is 8.74. The minimum Gasteiger partial charge on any atom is -0.497 e. The first-order chi connectivity index (χ1) is 16.6. The monoisotopic (exact) mass is 453 g/mol. The Balaban J connectivity index is 1.71. The predicted molar refractivity (Wildman–Crippen MR) is 131 cm³/mol. The van der Waals surface area contributed by atoms with Crippen molar-refractivity contribution in [2.24, 2.45) is 0 Å². The summed E-state index contributed by atoms with van der Waals surface area (Å²) in [6.45, 7) is 0.360. The smallest absolute Gasteiger partial charge is 0.257 e. The van der Waals surface area contributed by atoms with Gasteiger partial charge in [0.05, 0.1) is 30.9 Å². The van der Waals surface area contributed by atoms with Gasteiger partial charge < -0.3 is 20.5 Å². The maximum absolute atomic E-state index is 13.4. The first-order valence-corrected chi connectivity index (χ1v) is 10.7. The van der Waals surface area contributed by atoms with Crippen LogP contribution in [0.4, 0.5) is 5.82 Å². The van der Waals surface area contributed by atoms with E-state index in [9.17, 15) is 4.79 Å². The van der Waals surface area contributed by atoms with Crippen molar-refractivity contribution >= 4 is 33.9 Å². The van der Waals surface area contributed by atoms with Crippen LogP contribution >= 0.6 is 0 Å². The van der Waals surface area contributed by atoms with E-state index in [1.807, 2.05) is 60.7 Å². The van der Waals surface area contributed by atoms with E-state index in [2.05, 4.69) is 5.32 Å². The van der Waals surface area contributed by atoms with Crippen molar-refractivity contribution in [1.29, 1.82) is 0 Å². The molecule has 8 nitrogen and oxygen atoms in total. The third-order valence-corrected chi connectivity index (χ3v) is 5.65. The van der Waals surface area contributed by atoms with Gasteiger partial charge in [-0.3, -0.25) is 9.36 Å². The van der Waals surface area contributed by atoms with E-state index in [4.69, 9.17) is 25.2 Å². The third-order valence-electron chi connectivity index (χ3n) is 5.65. The van der Waals surface area contributed by atoms with Crippen LogP contribution in [-0.2, 0) is 6.54 Å². The number of methoxy groups -OCH3 is 2. The Morgan fingerprint density at radius 3 is 2.35 bits per heavy atom. The van der Waals surface area contributed by atoms with Crippen LogP contribution in [0.2, 0.25) is 0 Å². The Hall–Kier alpha value is -4.59. The molecule has 2 aromatic heterocycles. The molecule has 0 aliphatic heterocycles. The average molecular weight is 454 g/mol. The second-order valence-corrected chi connectivity index (χ2v) is 7.69. The van der Waals surface area contributed by atoms with E-state index in [1.165, 1.54) is 0 Å². The van der Waals surface area contributed by atoms with Crippen LogP contribution in [0.15, 0.2) is 72.8 Å². The Morgan fingerprint density at radius 2 is 1.65 bits per heavy atom. The quantitative estimate of drug-likeness (QED) is 0.401. The molecule has 34 heavy (non-hydrogen) atoms. The summed E-state index contributed by atoms with van der Waals surface area (Å²) in [5.41, 5.74) is 10.7. The fourth-order valence-corrected chi connectivity index (χ4v) is 3.97. The average Bonchev–Trinajstić information content (AvgIpc) is 3.16. The van der Waals surface area contributed by atoms with E-state index in [0.717, 1.165) is 5.56 Å². The molecule has 0 atom stereocenters. The number of nitrogens with zero attached hydrogens (tertiary/aromatic N) is 3. The summed E-state index contributed by atoms with van der Waals surface area (Å²) in [4.78, 5) is 22.9. The number of amides is 1. The minimum atomic E-state index is -0.331. The van der Waals surface area contributed by atoms with Crippen molar-refractivity contribution < 1.29 is 14.3 Å². The van der Waals surface area contributed by atoms with Crippen LogP contribution in [0.1, 0.15) is 15.9 Å². The van der Waals surface area contributed by atoms with Crippen molar-refractivity contribution in [1.82, 2.24) is 19.9 Å². The lowest BCUT2D eigenvalue weighted by molar-refractivity contribution is 0.0953. The van der Waals surface area contributed by atoms with Gasteiger partial charge in [0.25, 0.3) is 5.91 Å². The van der Waals surface area contributed by atoms with Gasteiger partial charge in [-0.05, 0) is 29.8 Å². The van der Waals surface area contributed by atoms with Crippen LogP contribution in [0.5, 0.6) is 11.5 Å². The number of anilines is 1. The molecule has 0 radical (unpaired) electrons. The normalized spacial score (nSPS) is 11.0. The third kappa shape index (κ3) is 3.65. The molecular weight excluding hydrogens is 430 g/mol. The number of fused-ring (bicyclic) bond motifs is 2. The molecule has 0 saturated heterocycles. The highest BCUT2D eigenvalue weighted by Gasteiger charge is 2.26. The number of rotatable bonds is 6. The van der Waals surface area contributed by atoms with Gasteiger partial charge >= 0.3 is 0 Å². The summed E-state index contributed by atoms with van der Waals surface area (Å²) in [5.74, 6) is 1.05. The van der Waals surface area contributed by atoms with E-state index in [-0.39, 0.29) is 17.3 Å². The second-order valence-electron chi connectivity index (χ2n) is 7.69. The van der Waals surface area contributed by atoms with Gasteiger partial charge in [0.1, 0.15) is 28.4 Å². The van der Waals surface area contributed by atoms with Crippen LogP contribution < -0.4 is 20.5 Å². The molecule has 170 valence electrons. The van der Waals surface area contributed by atoms with Gasteiger partial charge in [-0.25, -0.2) is 9.97 Å². The maximum atomic E-state index is 13.4. The zero-order valence-corrected chi connectivity index (χ0v) is 18.8. The zero-order valence-electron chi connectivity index (χ0n) is 18.8. The number of ether oxygens (including phenoxy) is 2. The summed E-state index contributed by atoms with van der Waals surface area (Å²) in [5, 5.41) is 2.96. The van der Waals surface area contributed by atoms with Crippen molar-refractivity contribution in [2.75, 3.05) is 20.0 Å². The Morgan fingerprint density at radius 1 is 0.941 bits per heavy atom. The summed E-state index contributed by atoms with van der Waals surface area (Å²) in [6.07, 6.45) is 0. The van der Waals surface area contributed by atoms with E-state index in [1.54, 1.807) is 30.9 Å². The zero-order chi connectivity index (χ0) is 23.7. The summed E-state index contributed by atoms with van der Waals surface area (Å²) < 4.78 is 12.6. The summed E-state index contributed by atoms with van der Waals surface area (Å²) in [7, 11) is 3.15. The molecule has 3 aromatic carbocycles. The number of aromatic nitrogens is 3. The molecule has 5 aromatic rings. The molecule has 0 unspecified atom stereocenters. The summed E-state index contributed by atoms with van der Waals surface area (Å²) in [6, 6.07) is 22.5. The van der Waals surface area contributed by atoms with Crippen molar-refractivity contribution in [3.05, 3.63) is 83.9 Å². The number of nitrogens with one attached hydrogen (secondary N) is 1. The summed E-state index contributed by atoms with van der Waals surface area (Å²) >= 11 is 0. The van der Waals surface area contributed by atoms with Crippen LogP contribution in [0.25, 0.3) is 27.9 Å². The van der Waals surface area contributed by atoms with Gasteiger partial charge in [0, 0.05) is 12.6 Å². The molecule has 8 heteroatoms. The highest BCUT2D eigenvalue weighted by molar-refractivity contribution is 6.11. The number of hydrogen-bond donors (Lipinski definition) is 2. The molecule has 3 N–H and O–H groups in total. The lowest BCUT2D eigenvalue weighted by atomic mass is 10.2. The standard InChI is InChI=1S/C26H23N5O3/c1-33-17-12-13-20(21(14-17)34-2)31-24(27)22(26(32)28-15-16-8-4-3-5-9-16)23-25(31)30-19-11-7-6-10-18(19)29-23/h3-14H,15,27H2,1-2H3,(H,28,32). The van der Waals surface area contributed by atoms with Crippen molar-refractivity contribution in [3.63, 3.8) is 0 Å². The fourth-order valence-electron chi connectivity index (χ4n) is 3.97. The van der Waals surface area contributed by atoms with Gasteiger partial charge in [-0.15, -0.1) is 0 Å². The number of hydrogen-bond acceptors (Lipinski definition) is 6. The minimum absolute atomic E-state index is 0.222. The number of nitrogens with two attached hydrogens (primary N) is 1. The van der Waals surface area contributed by atoms with Crippen molar-refractivity contribution in [2.45, 2.75) is 6.54 Å². The molecular formula is C26H23N5O3. The lowest BCUT2D eigenvalue weighted by Gasteiger charge is -2.13. The molecule has 0 fully saturated rings. The van der Waals surface area contributed by atoms with Gasteiger partial charge in [0.2, 0.25) is 0 Å². The van der Waals surface area contributed by atoms with Gasteiger partial charge in [-0.2, -0.15) is 0 Å². The van der Waals surface area contributed by atoms with E-state index >= 15 is 0 Å². The Bertz CT molecular complexity index is 1510. The molecule has 0 aliphatic carbocycles. The number of carbonyl (C=O) groups excluding carboxylic acids is 1. The fraction of sp³-hybridized carbons (Fsp3) is 0.115. The number of nitrogen functional groups attached to an aromatic ring is 1. The molecule has 0 bridgehead atoms. The Labute approximate surface area is 196 Å². The van der Waals surface area contributed by atoms with Crippen LogP contribution in [0.3, 0.4) is 0 Å². The molecule has 0 spiro atoms. The SMILES string of the molecule is COc1ccc(-n2c(N)c(C(=O)NCc3ccccc3)c3nc4ccccc4nc32)c(OC)c1. The van der Waals surface area contributed by atoms with Crippen molar-refractivity contribution in [3.8, 4) is 17.2 Å². The molecule has 1 amide bonds. The largest absolute Gasteiger partial charge is 0.497 e. The van der Waals surface area contributed by atoms with Gasteiger partial charge in [-0.1, -0.05) is 42.5 Å². The molecule has 0 saturated carbocycles. The van der Waals surface area contributed by atoms with E-state index in [0.29, 0.717) is 45.9 Å². The van der Waals surface area contributed by atoms with Gasteiger partial charge in [0.15, 0.2) is 5.65 Å². The predicted octanol–water partition coefficient (Wildman–Crippen LogP) is 4.10.